The summed E-state index contributed by atoms with van der Waals surface area (Å²) in [5, 5.41) is 13.6. The summed E-state index contributed by atoms with van der Waals surface area (Å²) >= 11 is 1.72. The molecule has 0 aliphatic rings. The van der Waals surface area contributed by atoms with Crippen molar-refractivity contribution in [1.82, 2.24) is 10.3 Å². The maximum Gasteiger partial charge on any atom is 0.123 e. The molecule has 1 heterocycles. The molecule has 1 atom stereocenters. The molecule has 2 aromatic rings. The minimum Gasteiger partial charge on any atom is -0.496 e. The minimum atomic E-state index is 0.214. The van der Waals surface area contributed by atoms with Gasteiger partial charge >= 0.3 is 0 Å². The van der Waals surface area contributed by atoms with Crippen molar-refractivity contribution in [2.75, 3.05) is 7.11 Å². The number of nitrogens with zero attached hydrogens (tertiary/aromatic N) is 2. The molecular formula is C16H19N3OS. The molecule has 0 radical (unpaired) electrons. The van der Waals surface area contributed by atoms with E-state index in [0.717, 1.165) is 22.0 Å². The average molecular weight is 301 g/mol. The zero-order chi connectivity index (χ0) is 15.4. The number of methoxy groups -OCH3 is 1. The van der Waals surface area contributed by atoms with Crippen LogP contribution in [0.25, 0.3) is 0 Å². The highest BCUT2D eigenvalue weighted by atomic mass is 32.1. The van der Waals surface area contributed by atoms with Crippen molar-refractivity contribution in [2.24, 2.45) is 0 Å². The van der Waals surface area contributed by atoms with E-state index in [9.17, 15) is 0 Å². The summed E-state index contributed by atoms with van der Waals surface area (Å²) in [7, 11) is 1.64. The van der Waals surface area contributed by atoms with Crippen LogP contribution in [0.5, 0.6) is 5.75 Å². The summed E-state index contributed by atoms with van der Waals surface area (Å²) in [5.41, 5.74) is 2.71. The number of aryl methyl sites for hydroxylation is 2. The molecule has 21 heavy (non-hydrogen) atoms. The molecule has 1 aromatic carbocycles. The molecule has 0 amide bonds. The van der Waals surface area contributed by atoms with Gasteiger partial charge in [-0.05, 0) is 39.0 Å². The Labute approximate surface area is 129 Å². The fraction of sp³-hybridized carbons (Fsp3) is 0.375. The maximum absolute atomic E-state index is 9.00. The number of rotatable bonds is 5. The standard InChI is InChI=1S/C16H19N3OS/c1-10(16-11(2)19-12(3)21-16)18-9-14-7-13(8-17)5-6-15(14)20-4/h5-7,10,18H,9H2,1-4H3. The first kappa shape index (κ1) is 15.5. The number of nitrogens with one attached hydrogen (secondary N) is 1. The zero-order valence-electron chi connectivity index (χ0n) is 12.7. The van der Waals surface area contributed by atoms with Crippen molar-refractivity contribution >= 4 is 11.3 Å². The molecule has 4 nitrogen and oxygen atoms in total. The van der Waals surface area contributed by atoms with E-state index in [4.69, 9.17) is 10.00 Å². The molecule has 0 aliphatic heterocycles. The predicted molar refractivity (Wildman–Crippen MR) is 84.6 cm³/mol. The van der Waals surface area contributed by atoms with E-state index >= 15 is 0 Å². The van der Waals surface area contributed by atoms with Crippen LogP contribution in [0.1, 0.15) is 39.7 Å². The van der Waals surface area contributed by atoms with Gasteiger partial charge in [-0.3, -0.25) is 0 Å². The van der Waals surface area contributed by atoms with Crippen molar-refractivity contribution in [3.63, 3.8) is 0 Å². The molecule has 0 bridgehead atoms. The molecular weight excluding hydrogens is 282 g/mol. The van der Waals surface area contributed by atoms with Crippen LogP contribution in [0.3, 0.4) is 0 Å². The Kier molecular flexibility index (Phi) is 4.94. The average Bonchev–Trinajstić information content (AvgIpc) is 2.83. The summed E-state index contributed by atoms with van der Waals surface area (Å²) in [5.74, 6) is 0.797. The lowest BCUT2D eigenvalue weighted by Crippen LogP contribution is -2.18. The normalized spacial score (nSPS) is 12.0. The van der Waals surface area contributed by atoms with E-state index in [1.165, 1.54) is 4.88 Å². The number of ether oxygens (including phenoxy) is 1. The fourth-order valence-electron chi connectivity index (χ4n) is 2.29. The van der Waals surface area contributed by atoms with Gasteiger partial charge in [-0.1, -0.05) is 0 Å². The van der Waals surface area contributed by atoms with Gasteiger partial charge < -0.3 is 10.1 Å². The second-order valence-corrected chi connectivity index (χ2v) is 6.16. The van der Waals surface area contributed by atoms with E-state index in [0.29, 0.717) is 12.1 Å². The molecule has 1 aromatic heterocycles. The van der Waals surface area contributed by atoms with Crippen molar-refractivity contribution < 1.29 is 4.74 Å². The van der Waals surface area contributed by atoms with E-state index in [1.807, 2.05) is 26.0 Å². The summed E-state index contributed by atoms with van der Waals surface area (Å²) in [4.78, 5) is 5.71. The molecule has 1 N–H and O–H groups in total. The fourth-order valence-corrected chi connectivity index (χ4v) is 3.25. The van der Waals surface area contributed by atoms with Crippen LogP contribution in [-0.4, -0.2) is 12.1 Å². The monoisotopic (exact) mass is 301 g/mol. The highest BCUT2D eigenvalue weighted by molar-refractivity contribution is 7.11. The smallest absolute Gasteiger partial charge is 0.123 e. The van der Waals surface area contributed by atoms with Gasteiger partial charge in [-0.2, -0.15) is 5.26 Å². The Morgan fingerprint density at radius 3 is 2.76 bits per heavy atom. The minimum absolute atomic E-state index is 0.214. The van der Waals surface area contributed by atoms with Crippen LogP contribution in [0.15, 0.2) is 18.2 Å². The Balaban J connectivity index is 2.12. The van der Waals surface area contributed by atoms with Crippen LogP contribution in [0.4, 0.5) is 0 Å². The lowest BCUT2D eigenvalue weighted by molar-refractivity contribution is 0.406. The van der Waals surface area contributed by atoms with Gasteiger partial charge in [0.05, 0.1) is 29.4 Å². The number of hydrogen-bond acceptors (Lipinski definition) is 5. The van der Waals surface area contributed by atoms with Gasteiger partial charge in [0.25, 0.3) is 0 Å². The lowest BCUT2D eigenvalue weighted by Gasteiger charge is -2.15. The Hall–Kier alpha value is -1.90. The number of thiazole rings is 1. The predicted octanol–water partition coefficient (Wildman–Crippen LogP) is 3.49. The largest absolute Gasteiger partial charge is 0.496 e. The second kappa shape index (κ2) is 6.70. The molecule has 2 rings (SSSR count). The first-order valence-electron chi connectivity index (χ1n) is 6.79. The number of benzene rings is 1. The molecule has 0 saturated carbocycles. The van der Waals surface area contributed by atoms with Crippen molar-refractivity contribution in [1.29, 1.82) is 5.26 Å². The lowest BCUT2D eigenvalue weighted by atomic mass is 10.1. The van der Waals surface area contributed by atoms with Crippen molar-refractivity contribution in [3.05, 3.63) is 44.9 Å². The number of hydrogen-bond donors (Lipinski definition) is 1. The summed E-state index contributed by atoms with van der Waals surface area (Å²) in [6.07, 6.45) is 0. The molecule has 1 unspecified atom stereocenters. The maximum atomic E-state index is 9.00. The third kappa shape index (κ3) is 3.60. The Morgan fingerprint density at radius 1 is 1.43 bits per heavy atom. The zero-order valence-corrected chi connectivity index (χ0v) is 13.5. The van der Waals surface area contributed by atoms with E-state index in [1.54, 1.807) is 24.5 Å². The Bertz CT molecular complexity index is 673. The van der Waals surface area contributed by atoms with Gasteiger partial charge in [-0.15, -0.1) is 11.3 Å². The van der Waals surface area contributed by atoms with Gasteiger partial charge in [0.15, 0.2) is 0 Å². The van der Waals surface area contributed by atoms with Crippen LogP contribution in [0, 0.1) is 25.2 Å². The molecule has 0 fully saturated rings. The summed E-state index contributed by atoms with van der Waals surface area (Å²) < 4.78 is 5.35. The second-order valence-electron chi connectivity index (χ2n) is 4.92. The van der Waals surface area contributed by atoms with Gasteiger partial charge in [0.2, 0.25) is 0 Å². The SMILES string of the molecule is COc1ccc(C#N)cc1CNC(C)c1sc(C)nc1C. The summed E-state index contributed by atoms with van der Waals surface area (Å²) in [6.45, 7) is 6.83. The van der Waals surface area contributed by atoms with Crippen molar-refractivity contribution in [2.45, 2.75) is 33.4 Å². The van der Waals surface area contributed by atoms with E-state index in [2.05, 4.69) is 23.3 Å². The third-order valence-electron chi connectivity index (χ3n) is 3.34. The van der Waals surface area contributed by atoms with Gasteiger partial charge in [0.1, 0.15) is 5.75 Å². The number of nitriles is 1. The third-order valence-corrected chi connectivity index (χ3v) is 4.60. The van der Waals surface area contributed by atoms with Crippen LogP contribution in [-0.2, 0) is 6.54 Å². The van der Waals surface area contributed by atoms with Gasteiger partial charge in [0, 0.05) is 23.0 Å². The quantitative estimate of drug-likeness (QED) is 0.918. The molecule has 110 valence electrons. The van der Waals surface area contributed by atoms with E-state index < -0.39 is 0 Å². The van der Waals surface area contributed by atoms with Gasteiger partial charge in [-0.25, -0.2) is 4.98 Å². The van der Waals surface area contributed by atoms with Crippen molar-refractivity contribution in [3.8, 4) is 11.8 Å². The van der Waals surface area contributed by atoms with E-state index in [-0.39, 0.29) is 6.04 Å². The van der Waals surface area contributed by atoms with Crippen LogP contribution in [0.2, 0.25) is 0 Å². The highest BCUT2D eigenvalue weighted by Crippen LogP contribution is 2.26. The molecule has 0 spiro atoms. The molecule has 5 heteroatoms. The number of aromatic nitrogens is 1. The van der Waals surface area contributed by atoms with Crippen LogP contribution >= 0.6 is 11.3 Å². The highest BCUT2D eigenvalue weighted by Gasteiger charge is 2.13. The Morgan fingerprint density at radius 2 is 2.19 bits per heavy atom. The first-order valence-corrected chi connectivity index (χ1v) is 7.61. The topological polar surface area (TPSA) is 57.9 Å². The molecule has 0 saturated heterocycles. The van der Waals surface area contributed by atoms with Crippen LogP contribution < -0.4 is 10.1 Å². The first-order chi connectivity index (χ1) is 10.0. The molecule has 0 aliphatic carbocycles. The summed E-state index contributed by atoms with van der Waals surface area (Å²) in [6, 6.07) is 7.84.